The molecule has 76 valence electrons. The quantitative estimate of drug-likeness (QED) is 0.544. The predicted octanol–water partition coefficient (Wildman–Crippen LogP) is 3.71. The van der Waals surface area contributed by atoms with Gasteiger partial charge in [0.25, 0.3) is 5.69 Å². The van der Waals surface area contributed by atoms with Crippen LogP contribution in [0.25, 0.3) is 10.8 Å². The van der Waals surface area contributed by atoms with Gasteiger partial charge in [0.2, 0.25) is 0 Å². The van der Waals surface area contributed by atoms with Crippen molar-refractivity contribution in [2.24, 2.45) is 0 Å². The molecule has 4 heteroatoms. The summed E-state index contributed by atoms with van der Waals surface area (Å²) in [6.45, 7) is 1.89. The Morgan fingerprint density at radius 1 is 1.27 bits per heavy atom. The van der Waals surface area contributed by atoms with Crippen LogP contribution in [0.15, 0.2) is 30.3 Å². The van der Waals surface area contributed by atoms with Crippen molar-refractivity contribution in [3.05, 3.63) is 51.0 Å². The van der Waals surface area contributed by atoms with Gasteiger partial charge >= 0.3 is 0 Å². The van der Waals surface area contributed by atoms with Crippen LogP contribution < -0.4 is 0 Å². The number of nitro groups is 1. The van der Waals surface area contributed by atoms with Crippen LogP contribution in [-0.2, 0) is 0 Å². The van der Waals surface area contributed by atoms with Gasteiger partial charge in [-0.1, -0.05) is 29.8 Å². The molecular formula is C11H8ClNO2. The van der Waals surface area contributed by atoms with Gasteiger partial charge < -0.3 is 0 Å². The minimum atomic E-state index is -0.440. The van der Waals surface area contributed by atoms with Crippen LogP contribution in [0, 0.1) is 17.0 Å². The van der Waals surface area contributed by atoms with E-state index < -0.39 is 4.92 Å². The Kier molecular flexibility index (Phi) is 2.32. The SMILES string of the molecule is Cc1cc(Cl)c([N+](=O)[O-])c2ccccc12. The van der Waals surface area contributed by atoms with Crippen molar-refractivity contribution in [1.29, 1.82) is 0 Å². The molecule has 0 aliphatic rings. The molecule has 2 aromatic rings. The third-order valence-corrected chi connectivity index (χ3v) is 2.65. The van der Waals surface area contributed by atoms with E-state index in [4.69, 9.17) is 11.6 Å². The number of halogens is 1. The predicted molar refractivity (Wildman–Crippen MR) is 60.3 cm³/mol. The van der Waals surface area contributed by atoms with E-state index in [-0.39, 0.29) is 10.7 Å². The molecule has 0 aromatic heterocycles. The van der Waals surface area contributed by atoms with Crippen LogP contribution >= 0.6 is 11.6 Å². The molecule has 3 nitrogen and oxygen atoms in total. The summed E-state index contributed by atoms with van der Waals surface area (Å²) in [5, 5.41) is 12.5. The molecule has 0 spiro atoms. The first-order valence-corrected chi connectivity index (χ1v) is 4.81. The van der Waals surface area contributed by atoms with Crippen molar-refractivity contribution in [3.63, 3.8) is 0 Å². The summed E-state index contributed by atoms with van der Waals surface area (Å²) in [5.41, 5.74) is 0.930. The molecule has 0 aliphatic heterocycles. The summed E-state index contributed by atoms with van der Waals surface area (Å²) in [6, 6.07) is 8.82. The highest BCUT2D eigenvalue weighted by Crippen LogP contribution is 2.34. The zero-order valence-corrected chi connectivity index (χ0v) is 8.78. The fraction of sp³-hybridized carbons (Fsp3) is 0.0909. The number of rotatable bonds is 1. The van der Waals surface area contributed by atoms with Crippen LogP contribution in [0.3, 0.4) is 0 Å². The smallest absolute Gasteiger partial charge is 0.258 e. The summed E-state index contributed by atoms with van der Waals surface area (Å²) in [5.74, 6) is 0. The van der Waals surface area contributed by atoms with Gasteiger partial charge in [-0.05, 0) is 30.0 Å². The zero-order chi connectivity index (χ0) is 11.0. The van der Waals surface area contributed by atoms with Gasteiger partial charge in [-0.25, -0.2) is 0 Å². The van der Waals surface area contributed by atoms with E-state index in [9.17, 15) is 10.1 Å². The summed E-state index contributed by atoms with van der Waals surface area (Å²) < 4.78 is 0. The second-order valence-corrected chi connectivity index (χ2v) is 3.73. The Labute approximate surface area is 91.4 Å². The molecule has 0 fully saturated rings. The molecule has 0 saturated carbocycles. The van der Waals surface area contributed by atoms with E-state index in [2.05, 4.69) is 0 Å². The minimum Gasteiger partial charge on any atom is -0.258 e. The Morgan fingerprint density at radius 3 is 2.47 bits per heavy atom. The van der Waals surface area contributed by atoms with Crippen LogP contribution in [0.5, 0.6) is 0 Å². The molecule has 2 rings (SSSR count). The van der Waals surface area contributed by atoms with Gasteiger partial charge in [0, 0.05) is 0 Å². The van der Waals surface area contributed by atoms with Crippen molar-refractivity contribution in [2.75, 3.05) is 0 Å². The number of hydrogen-bond acceptors (Lipinski definition) is 2. The van der Waals surface area contributed by atoms with Gasteiger partial charge in [0.15, 0.2) is 0 Å². The molecule has 0 aliphatic carbocycles. The molecule has 15 heavy (non-hydrogen) atoms. The largest absolute Gasteiger partial charge is 0.295 e. The normalized spacial score (nSPS) is 10.5. The lowest BCUT2D eigenvalue weighted by molar-refractivity contribution is -0.382. The molecule has 0 atom stereocenters. The molecule has 0 radical (unpaired) electrons. The van der Waals surface area contributed by atoms with Crippen molar-refractivity contribution in [3.8, 4) is 0 Å². The zero-order valence-electron chi connectivity index (χ0n) is 8.03. The Balaban J connectivity index is 2.96. The van der Waals surface area contributed by atoms with Crippen LogP contribution in [0.4, 0.5) is 5.69 Å². The Morgan fingerprint density at radius 2 is 1.87 bits per heavy atom. The van der Waals surface area contributed by atoms with Crippen LogP contribution in [-0.4, -0.2) is 4.92 Å². The Bertz CT molecular complexity index is 552. The first-order valence-electron chi connectivity index (χ1n) is 4.43. The topological polar surface area (TPSA) is 43.1 Å². The van der Waals surface area contributed by atoms with E-state index in [1.807, 2.05) is 19.1 Å². The Hall–Kier alpha value is -1.61. The highest BCUT2D eigenvalue weighted by Gasteiger charge is 2.17. The maximum Gasteiger partial charge on any atom is 0.295 e. The average Bonchev–Trinajstić information content (AvgIpc) is 2.17. The number of nitro benzene ring substituents is 1. The third-order valence-electron chi connectivity index (χ3n) is 2.36. The molecule has 0 N–H and O–H groups in total. The number of fused-ring (bicyclic) bond motifs is 1. The lowest BCUT2D eigenvalue weighted by atomic mass is 10.0. The fourth-order valence-corrected chi connectivity index (χ4v) is 2.02. The van der Waals surface area contributed by atoms with Crippen LogP contribution in [0.1, 0.15) is 5.56 Å². The second-order valence-electron chi connectivity index (χ2n) is 3.33. The first-order chi connectivity index (χ1) is 7.11. The van der Waals surface area contributed by atoms with Crippen LogP contribution in [0.2, 0.25) is 5.02 Å². The molecule has 0 unspecified atom stereocenters. The van der Waals surface area contributed by atoms with Gasteiger partial charge in [-0.2, -0.15) is 0 Å². The van der Waals surface area contributed by atoms with E-state index in [0.717, 1.165) is 10.9 Å². The molecule has 0 amide bonds. The van der Waals surface area contributed by atoms with Crippen molar-refractivity contribution < 1.29 is 4.92 Å². The highest BCUT2D eigenvalue weighted by atomic mass is 35.5. The first kappa shape index (κ1) is 9.93. The van der Waals surface area contributed by atoms with Gasteiger partial charge in [-0.15, -0.1) is 0 Å². The monoisotopic (exact) mass is 221 g/mol. The molecule has 0 bridgehead atoms. The van der Waals surface area contributed by atoms with Crippen molar-refractivity contribution in [1.82, 2.24) is 0 Å². The van der Waals surface area contributed by atoms with E-state index in [1.54, 1.807) is 18.2 Å². The molecule has 2 aromatic carbocycles. The lowest BCUT2D eigenvalue weighted by Gasteiger charge is -2.04. The summed E-state index contributed by atoms with van der Waals surface area (Å²) in [7, 11) is 0. The second kappa shape index (κ2) is 3.51. The summed E-state index contributed by atoms with van der Waals surface area (Å²) in [6.07, 6.45) is 0. The number of nitrogens with zero attached hydrogens (tertiary/aromatic N) is 1. The highest BCUT2D eigenvalue weighted by molar-refractivity contribution is 6.34. The average molecular weight is 222 g/mol. The fourth-order valence-electron chi connectivity index (χ4n) is 1.68. The van der Waals surface area contributed by atoms with Gasteiger partial charge in [-0.3, -0.25) is 10.1 Å². The summed E-state index contributed by atoms with van der Waals surface area (Å²) >= 11 is 5.86. The van der Waals surface area contributed by atoms with Gasteiger partial charge in [0.1, 0.15) is 5.02 Å². The third kappa shape index (κ3) is 1.55. The summed E-state index contributed by atoms with van der Waals surface area (Å²) in [4.78, 5) is 10.4. The molecule has 0 heterocycles. The number of benzene rings is 2. The maximum atomic E-state index is 10.9. The van der Waals surface area contributed by atoms with Crippen molar-refractivity contribution >= 4 is 28.1 Å². The maximum absolute atomic E-state index is 10.9. The molecule has 0 saturated heterocycles. The van der Waals surface area contributed by atoms with E-state index in [0.29, 0.717) is 5.39 Å². The standard InChI is InChI=1S/C11H8ClNO2/c1-7-6-10(12)11(13(14)15)9-5-3-2-4-8(7)9/h2-6H,1H3. The van der Waals surface area contributed by atoms with E-state index >= 15 is 0 Å². The van der Waals surface area contributed by atoms with Crippen molar-refractivity contribution in [2.45, 2.75) is 6.92 Å². The number of aryl methyl sites for hydroxylation is 1. The van der Waals surface area contributed by atoms with E-state index in [1.165, 1.54) is 0 Å². The molecular weight excluding hydrogens is 214 g/mol. The van der Waals surface area contributed by atoms with Gasteiger partial charge in [0.05, 0.1) is 10.3 Å². The lowest BCUT2D eigenvalue weighted by Crippen LogP contribution is -1.92. The number of hydrogen-bond donors (Lipinski definition) is 0. The minimum absolute atomic E-state index is 0.0159.